The average Bonchev–Trinajstić information content (AvgIpc) is 2.49. The Bertz CT molecular complexity index is 653. The zero-order valence-electron chi connectivity index (χ0n) is 10.5. The van der Waals surface area contributed by atoms with Crippen molar-refractivity contribution < 1.29 is 9.60 Å². The summed E-state index contributed by atoms with van der Waals surface area (Å²) in [5, 5.41) is 19.2. The molecule has 1 aliphatic rings. The predicted molar refractivity (Wildman–Crippen MR) is 72.0 cm³/mol. The topological polar surface area (TPSA) is 48.2 Å². The second-order valence-corrected chi connectivity index (χ2v) is 4.40. The minimum atomic E-state index is -0.555. The van der Waals surface area contributed by atoms with Crippen molar-refractivity contribution in [1.29, 1.82) is 0 Å². The molecule has 2 aromatic rings. The van der Waals surface area contributed by atoms with Crippen LogP contribution in [0.1, 0.15) is 17.3 Å². The van der Waals surface area contributed by atoms with Crippen molar-refractivity contribution in [1.82, 2.24) is 5.06 Å². The lowest BCUT2D eigenvalue weighted by Crippen LogP contribution is -2.20. The molecule has 5 heteroatoms. The van der Waals surface area contributed by atoms with E-state index in [1.54, 1.807) is 12.1 Å². The number of hydrogen-bond donors (Lipinski definition) is 1. The minimum Gasteiger partial charge on any atom is -0.286 e. The fourth-order valence-electron chi connectivity index (χ4n) is 1.99. The van der Waals surface area contributed by atoms with Crippen LogP contribution in [0.25, 0.3) is 5.70 Å². The molecule has 1 atom stereocenters. The molecule has 0 saturated carbocycles. The summed E-state index contributed by atoms with van der Waals surface area (Å²) >= 11 is 0. The largest absolute Gasteiger partial charge is 0.286 e. The summed E-state index contributed by atoms with van der Waals surface area (Å²) in [4.78, 5) is 0. The van der Waals surface area contributed by atoms with Gasteiger partial charge in [-0.2, -0.15) is 10.2 Å². The van der Waals surface area contributed by atoms with Crippen molar-refractivity contribution >= 4 is 5.70 Å². The Hall–Kier alpha value is -2.53. The molecule has 1 N–H and O–H groups in total. The lowest BCUT2D eigenvalue weighted by atomic mass is 10.1. The van der Waals surface area contributed by atoms with Crippen LogP contribution < -0.4 is 0 Å². The van der Waals surface area contributed by atoms with Gasteiger partial charge in [-0.3, -0.25) is 5.21 Å². The van der Waals surface area contributed by atoms with Crippen LogP contribution in [0.4, 0.5) is 4.39 Å². The SMILES string of the molecule is ON1C=C(c2ccc(F)cc2)N=NC1c1ccccc1. The van der Waals surface area contributed by atoms with Crippen molar-refractivity contribution in [3.05, 3.63) is 77.7 Å². The maximum absolute atomic E-state index is 12.9. The summed E-state index contributed by atoms with van der Waals surface area (Å²) in [5.41, 5.74) is 2.02. The van der Waals surface area contributed by atoms with Crippen LogP contribution in [0.3, 0.4) is 0 Å². The highest BCUT2D eigenvalue weighted by molar-refractivity contribution is 5.64. The van der Waals surface area contributed by atoms with Gasteiger partial charge in [-0.05, 0) is 24.3 Å². The molecule has 0 amide bonds. The Morgan fingerprint density at radius 1 is 1.00 bits per heavy atom. The number of benzene rings is 2. The van der Waals surface area contributed by atoms with E-state index < -0.39 is 6.17 Å². The molecule has 1 aliphatic heterocycles. The molecular weight excluding hydrogens is 257 g/mol. The van der Waals surface area contributed by atoms with Gasteiger partial charge in [-0.1, -0.05) is 30.3 Å². The van der Waals surface area contributed by atoms with Crippen LogP contribution in [0.5, 0.6) is 0 Å². The molecule has 4 nitrogen and oxygen atoms in total. The van der Waals surface area contributed by atoms with Gasteiger partial charge < -0.3 is 0 Å². The zero-order valence-corrected chi connectivity index (χ0v) is 10.5. The van der Waals surface area contributed by atoms with E-state index in [9.17, 15) is 9.60 Å². The molecule has 2 aromatic carbocycles. The molecule has 0 saturated heterocycles. The van der Waals surface area contributed by atoms with Gasteiger partial charge in [0.2, 0.25) is 0 Å². The monoisotopic (exact) mass is 269 g/mol. The summed E-state index contributed by atoms with van der Waals surface area (Å²) in [6, 6.07) is 15.2. The van der Waals surface area contributed by atoms with Crippen LogP contribution in [-0.4, -0.2) is 10.3 Å². The van der Waals surface area contributed by atoms with Crippen molar-refractivity contribution in [3.63, 3.8) is 0 Å². The van der Waals surface area contributed by atoms with E-state index in [-0.39, 0.29) is 5.82 Å². The Labute approximate surface area is 115 Å². The maximum Gasteiger partial charge on any atom is 0.191 e. The van der Waals surface area contributed by atoms with E-state index in [1.807, 2.05) is 30.3 Å². The second-order valence-electron chi connectivity index (χ2n) is 4.40. The first kappa shape index (κ1) is 12.5. The van der Waals surface area contributed by atoms with Crippen molar-refractivity contribution in [3.8, 4) is 0 Å². The molecule has 0 radical (unpaired) electrons. The highest BCUT2D eigenvalue weighted by atomic mass is 19.1. The Morgan fingerprint density at radius 3 is 2.35 bits per heavy atom. The van der Waals surface area contributed by atoms with Gasteiger partial charge in [0.15, 0.2) is 6.17 Å². The van der Waals surface area contributed by atoms with Crippen LogP contribution in [0.2, 0.25) is 0 Å². The van der Waals surface area contributed by atoms with E-state index in [0.29, 0.717) is 11.3 Å². The van der Waals surface area contributed by atoms with Crippen LogP contribution >= 0.6 is 0 Å². The molecule has 0 spiro atoms. The molecule has 1 unspecified atom stereocenters. The number of azo groups is 1. The maximum atomic E-state index is 12.9. The molecule has 3 rings (SSSR count). The molecule has 20 heavy (non-hydrogen) atoms. The summed E-state index contributed by atoms with van der Waals surface area (Å²) in [7, 11) is 0. The molecule has 0 aromatic heterocycles. The molecule has 0 bridgehead atoms. The van der Waals surface area contributed by atoms with E-state index in [2.05, 4.69) is 10.2 Å². The van der Waals surface area contributed by atoms with Crippen LogP contribution in [0.15, 0.2) is 71.0 Å². The molecule has 1 heterocycles. The van der Waals surface area contributed by atoms with Gasteiger partial charge in [0.1, 0.15) is 11.5 Å². The summed E-state index contributed by atoms with van der Waals surface area (Å²) in [6.07, 6.45) is 0.929. The lowest BCUT2D eigenvalue weighted by molar-refractivity contribution is -0.0821. The first-order valence-electron chi connectivity index (χ1n) is 6.15. The summed E-state index contributed by atoms with van der Waals surface area (Å²) in [6.45, 7) is 0. The Balaban J connectivity index is 1.86. The number of nitrogens with zero attached hydrogens (tertiary/aromatic N) is 3. The van der Waals surface area contributed by atoms with Gasteiger partial charge in [0.05, 0.1) is 6.20 Å². The van der Waals surface area contributed by atoms with Crippen LogP contribution in [-0.2, 0) is 0 Å². The first-order valence-corrected chi connectivity index (χ1v) is 6.15. The summed E-state index contributed by atoms with van der Waals surface area (Å²) in [5.74, 6) is -0.315. The highest BCUT2D eigenvalue weighted by Crippen LogP contribution is 2.30. The number of halogens is 1. The Morgan fingerprint density at radius 2 is 1.70 bits per heavy atom. The lowest BCUT2D eigenvalue weighted by Gasteiger charge is -2.24. The van der Waals surface area contributed by atoms with Crippen LogP contribution in [0, 0.1) is 5.82 Å². The first-order chi connectivity index (χ1) is 9.74. The van der Waals surface area contributed by atoms with Gasteiger partial charge in [-0.25, -0.2) is 9.45 Å². The Kier molecular flexibility index (Phi) is 3.26. The summed E-state index contributed by atoms with van der Waals surface area (Å²) < 4.78 is 12.9. The fourth-order valence-corrected chi connectivity index (χ4v) is 1.99. The average molecular weight is 269 g/mol. The van der Waals surface area contributed by atoms with E-state index >= 15 is 0 Å². The van der Waals surface area contributed by atoms with Crippen molar-refractivity contribution in [2.24, 2.45) is 10.2 Å². The number of rotatable bonds is 2. The predicted octanol–water partition coefficient (Wildman–Crippen LogP) is 3.98. The van der Waals surface area contributed by atoms with Crippen molar-refractivity contribution in [2.45, 2.75) is 6.17 Å². The van der Waals surface area contributed by atoms with Crippen molar-refractivity contribution in [2.75, 3.05) is 0 Å². The third-order valence-corrected chi connectivity index (χ3v) is 3.02. The van der Waals surface area contributed by atoms with E-state index in [4.69, 9.17) is 0 Å². The molecule has 0 fully saturated rings. The minimum absolute atomic E-state index is 0.315. The van der Waals surface area contributed by atoms with E-state index in [0.717, 1.165) is 10.6 Å². The highest BCUT2D eigenvalue weighted by Gasteiger charge is 2.20. The number of hydroxylamine groups is 2. The standard InChI is InChI=1S/C15H12FN3O/c16-13-8-6-11(7-9-13)14-10-19(20)15(18-17-14)12-4-2-1-3-5-12/h1-10,15,20H. The van der Waals surface area contributed by atoms with Gasteiger partial charge >= 0.3 is 0 Å². The normalized spacial score (nSPS) is 18.0. The third kappa shape index (κ3) is 2.44. The molecule has 0 aliphatic carbocycles. The second kappa shape index (κ2) is 5.22. The fraction of sp³-hybridized carbons (Fsp3) is 0.0667. The third-order valence-electron chi connectivity index (χ3n) is 3.02. The smallest absolute Gasteiger partial charge is 0.191 e. The van der Waals surface area contributed by atoms with E-state index in [1.165, 1.54) is 18.3 Å². The van der Waals surface area contributed by atoms with Gasteiger partial charge in [0.25, 0.3) is 0 Å². The molecular formula is C15H12FN3O. The molecule has 100 valence electrons. The number of hydrogen-bond acceptors (Lipinski definition) is 4. The van der Waals surface area contributed by atoms with Gasteiger partial charge in [0, 0.05) is 11.1 Å². The zero-order chi connectivity index (χ0) is 13.9. The van der Waals surface area contributed by atoms with Gasteiger partial charge in [-0.15, -0.1) is 0 Å². The quantitative estimate of drug-likeness (QED) is 0.896.